The van der Waals surface area contributed by atoms with E-state index in [1.807, 2.05) is 38.2 Å². The third-order valence-corrected chi connectivity index (χ3v) is 13.0. The highest BCUT2D eigenvalue weighted by molar-refractivity contribution is 7.90. The molecule has 1 spiro atoms. The van der Waals surface area contributed by atoms with Gasteiger partial charge in [0.2, 0.25) is 10.0 Å². The molecule has 48 heavy (non-hydrogen) atoms. The number of anilines is 1. The highest BCUT2D eigenvalue weighted by atomic mass is 35.5. The predicted molar refractivity (Wildman–Crippen MR) is 185 cm³/mol. The van der Waals surface area contributed by atoms with Crippen molar-refractivity contribution in [1.82, 2.24) is 19.5 Å². The number of fused-ring (bicyclic) bond motifs is 4. The minimum atomic E-state index is -3.90. The van der Waals surface area contributed by atoms with Crippen LogP contribution < -0.4 is 14.4 Å². The number of aryl methyl sites for hydroxylation is 2. The van der Waals surface area contributed by atoms with Gasteiger partial charge in [0.05, 0.1) is 23.6 Å². The zero-order chi connectivity index (χ0) is 33.5. The van der Waals surface area contributed by atoms with Gasteiger partial charge in [0.25, 0.3) is 5.91 Å². The summed E-state index contributed by atoms with van der Waals surface area (Å²) in [4.78, 5) is 20.3. The Labute approximate surface area is 287 Å². The van der Waals surface area contributed by atoms with Gasteiger partial charge >= 0.3 is 0 Å². The maximum Gasteiger partial charge on any atom is 0.264 e. The maximum absolute atomic E-state index is 13.5. The predicted octanol–water partition coefficient (Wildman–Crippen LogP) is 5.74. The molecule has 2 aliphatic carbocycles. The van der Waals surface area contributed by atoms with Gasteiger partial charge in [-0.05, 0) is 105 Å². The van der Waals surface area contributed by atoms with E-state index in [1.54, 1.807) is 17.1 Å². The van der Waals surface area contributed by atoms with Gasteiger partial charge in [-0.25, -0.2) is 18.1 Å². The average molecular weight is 694 g/mol. The Balaban J connectivity index is 1.27. The zero-order valence-corrected chi connectivity index (χ0v) is 29.2. The smallest absolute Gasteiger partial charge is 0.264 e. The van der Waals surface area contributed by atoms with Crippen molar-refractivity contribution in [3.8, 4) is 5.75 Å². The molecule has 1 saturated carbocycles. The molecule has 2 aromatic carbocycles. The molecule has 2 bridgehead atoms. The molecule has 1 aromatic heterocycles. The van der Waals surface area contributed by atoms with Crippen molar-refractivity contribution in [2.45, 2.75) is 81.7 Å². The molecule has 1 N–H and O–H groups in total. The van der Waals surface area contributed by atoms with Gasteiger partial charge in [0.15, 0.2) is 5.82 Å². The third-order valence-electron chi connectivity index (χ3n) is 10.8. The van der Waals surface area contributed by atoms with Crippen molar-refractivity contribution in [2.75, 3.05) is 24.6 Å². The number of sulfonamides is 1. The van der Waals surface area contributed by atoms with E-state index in [0.717, 1.165) is 49.4 Å². The Hall–Kier alpha value is -3.41. The first kappa shape index (κ1) is 33.1. The highest BCUT2D eigenvalue weighted by Gasteiger charge is 2.44. The topological polar surface area (TPSA) is 116 Å². The van der Waals surface area contributed by atoms with Crippen LogP contribution in [0.5, 0.6) is 5.75 Å². The van der Waals surface area contributed by atoms with E-state index in [1.165, 1.54) is 11.1 Å². The molecule has 1 amide bonds. The van der Waals surface area contributed by atoms with E-state index in [0.29, 0.717) is 62.1 Å². The van der Waals surface area contributed by atoms with Crippen LogP contribution in [0.2, 0.25) is 5.02 Å². The van der Waals surface area contributed by atoms with Crippen LogP contribution in [-0.2, 0) is 40.3 Å². The first-order chi connectivity index (χ1) is 23.1. The van der Waals surface area contributed by atoms with Crippen molar-refractivity contribution in [2.24, 2.45) is 18.9 Å². The van der Waals surface area contributed by atoms with Gasteiger partial charge in [-0.1, -0.05) is 36.7 Å². The second-order valence-electron chi connectivity index (χ2n) is 13.9. The molecular formula is C36H44ClN5O5S. The average Bonchev–Trinajstić information content (AvgIpc) is 3.40. The molecule has 10 nitrogen and oxygen atoms in total. The molecule has 12 heteroatoms. The van der Waals surface area contributed by atoms with Crippen LogP contribution in [0.1, 0.15) is 79.2 Å². The van der Waals surface area contributed by atoms with E-state index < -0.39 is 21.2 Å². The molecule has 3 aromatic rings. The van der Waals surface area contributed by atoms with Crippen LogP contribution in [0, 0.1) is 11.8 Å². The Kier molecular flexibility index (Phi) is 9.30. The SMILES string of the molecule is CC[C@@H]1CC/C=C\[C@H](OCc2ncn(C)n2)[C@@H]2CC[C@H]2CN2C[C@@]3(CCCc4cc(Cl)ccc43)COc3ccc(cc32)C(=O)NS1(=O)=O. The third kappa shape index (κ3) is 6.61. The number of carbonyl (C=O) groups is 1. The summed E-state index contributed by atoms with van der Waals surface area (Å²) in [6.45, 7) is 4.10. The number of hydrogen-bond donors (Lipinski definition) is 1. The summed E-state index contributed by atoms with van der Waals surface area (Å²) in [5.74, 6) is 1.31. The van der Waals surface area contributed by atoms with Crippen molar-refractivity contribution in [3.05, 3.63) is 82.4 Å². The number of nitrogens with zero attached hydrogens (tertiary/aromatic N) is 4. The number of carbonyl (C=O) groups excluding carboxylic acids is 1. The number of amides is 1. The van der Waals surface area contributed by atoms with E-state index >= 15 is 0 Å². The standard InChI is InChI=1S/C36H44ClN5O5S/c1-3-28-8-4-5-9-32(46-20-34-38-23-41(2)39-34)29-13-10-26(29)19-42-21-36(16-6-7-24-17-27(37)12-14-30(24)36)22-47-33-15-11-25(18-31(33)42)35(43)40-48(28,44)45/h5,9,11-12,14-15,17-18,23,26,28-29,32H,3-4,6-8,10,13,16,19-22H2,1-2H3,(H,40,43)/b9-5-/t26-,28+,29+,32-,36-/m0/s1. The van der Waals surface area contributed by atoms with Gasteiger partial charge in [-0.3, -0.25) is 9.48 Å². The molecule has 0 radical (unpaired) electrons. The van der Waals surface area contributed by atoms with Crippen molar-refractivity contribution >= 4 is 33.2 Å². The largest absolute Gasteiger partial charge is 0.490 e. The van der Waals surface area contributed by atoms with E-state index in [4.69, 9.17) is 21.1 Å². The number of aromatic nitrogens is 3. The lowest BCUT2D eigenvalue weighted by Gasteiger charge is -2.46. The fourth-order valence-corrected chi connectivity index (χ4v) is 9.72. The van der Waals surface area contributed by atoms with Gasteiger partial charge in [0, 0.05) is 36.1 Å². The molecular weight excluding hydrogens is 650 g/mol. The first-order valence-electron chi connectivity index (χ1n) is 17.1. The summed E-state index contributed by atoms with van der Waals surface area (Å²) < 4.78 is 44.0. The fourth-order valence-electron chi connectivity index (χ4n) is 8.10. The number of halogens is 1. The number of ether oxygens (including phenoxy) is 2. The summed E-state index contributed by atoms with van der Waals surface area (Å²) in [5.41, 5.74) is 3.38. The monoisotopic (exact) mass is 693 g/mol. The lowest BCUT2D eigenvalue weighted by Crippen LogP contribution is -2.49. The molecule has 1 fully saturated rings. The Morgan fingerprint density at radius 2 is 2.04 bits per heavy atom. The number of rotatable bonds is 4. The van der Waals surface area contributed by atoms with Crippen molar-refractivity contribution in [3.63, 3.8) is 0 Å². The van der Waals surface area contributed by atoms with Crippen molar-refractivity contribution in [1.29, 1.82) is 0 Å². The minimum absolute atomic E-state index is 0.169. The van der Waals surface area contributed by atoms with E-state index in [2.05, 4.69) is 37.9 Å². The molecule has 0 saturated heterocycles. The summed E-state index contributed by atoms with van der Waals surface area (Å²) >= 11 is 6.45. The zero-order valence-electron chi connectivity index (χ0n) is 27.6. The normalized spacial score (nSPS) is 29.1. The van der Waals surface area contributed by atoms with Crippen LogP contribution in [0.3, 0.4) is 0 Å². The lowest BCUT2D eigenvalue weighted by molar-refractivity contribution is -0.0248. The molecule has 256 valence electrons. The lowest BCUT2D eigenvalue weighted by atomic mass is 9.68. The molecule has 0 unspecified atom stereocenters. The van der Waals surface area contributed by atoms with Crippen LogP contribution in [0.25, 0.3) is 0 Å². The molecule has 4 aliphatic rings. The number of benzene rings is 2. The van der Waals surface area contributed by atoms with Gasteiger partial charge in [-0.15, -0.1) is 0 Å². The second-order valence-corrected chi connectivity index (χ2v) is 16.3. The molecule has 7 rings (SSSR count). The Morgan fingerprint density at radius 3 is 2.81 bits per heavy atom. The minimum Gasteiger partial charge on any atom is -0.490 e. The Bertz CT molecular complexity index is 1810. The highest BCUT2D eigenvalue weighted by Crippen LogP contribution is 2.47. The summed E-state index contributed by atoms with van der Waals surface area (Å²) in [5, 5.41) is 4.45. The van der Waals surface area contributed by atoms with Crippen LogP contribution in [0.15, 0.2) is 54.9 Å². The first-order valence-corrected chi connectivity index (χ1v) is 19.1. The number of nitrogens with one attached hydrogen (secondary N) is 1. The maximum atomic E-state index is 13.5. The van der Waals surface area contributed by atoms with Crippen LogP contribution in [-0.4, -0.2) is 60.1 Å². The second kappa shape index (κ2) is 13.5. The summed E-state index contributed by atoms with van der Waals surface area (Å²) in [6.07, 6.45) is 12.0. The van der Waals surface area contributed by atoms with E-state index in [9.17, 15) is 13.2 Å². The quantitative estimate of drug-likeness (QED) is 0.344. The summed E-state index contributed by atoms with van der Waals surface area (Å²) in [6, 6.07) is 11.5. The van der Waals surface area contributed by atoms with Crippen LogP contribution >= 0.6 is 11.6 Å². The van der Waals surface area contributed by atoms with Gasteiger partial charge in [-0.2, -0.15) is 5.10 Å². The van der Waals surface area contributed by atoms with Crippen LogP contribution in [0.4, 0.5) is 5.69 Å². The van der Waals surface area contributed by atoms with Gasteiger partial charge < -0.3 is 14.4 Å². The molecule has 2 aliphatic heterocycles. The fraction of sp³-hybridized carbons (Fsp3) is 0.528. The van der Waals surface area contributed by atoms with E-state index in [-0.39, 0.29) is 17.4 Å². The molecule has 3 heterocycles. The summed E-state index contributed by atoms with van der Waals surface area (Å²) in [7, 11) is -2.07. The van der Waals surface area contributed by atoms with Crippen molar-refractivity contribution < 1.29 is 22.7 Å². The Morgan fingerprint density at radius 1 is 1.17 bits per heavy atom. The van der Waals surface area contributed by atoms with Gasteiger partial charge in [0.1, 0.15) is 18.7 Å². The molecule has 5 atom stereocenters. The number of hydrogen-bond acceptors (Lipinski definition) is 8. The number of allylic oxidation sites excluding steroid dienone is 1.